The summed E-state index contributed by atoms with van der Waals surface area (Å²) in [5.41, 5.74) is -2.48. The van der Waals surface area contributed by atoms with Crippen molar-refractivity contribution in [2.24, 2.45) is 11.3 Å². The minimum Gasteiger partial charge on any atom is -0.467 e. The Bertz CT molecular complexity index is 377. The van der Waals surface area contributed by atoms with E-state index in [1.54, 1.807) is 13.8 Å². The summed E-state index contributed by atoms with van der Waals surface area (Å²) in [6.07, 6.45) is -5.01. The molecule has 0 radical (unpaired) electrons. The molecule has 0 aromatic rings. The van der Waals surface area contributed by atoms with Crippen molar-refractivity contribution in [3.8, 4) is 0 Å². The van der Waals surface area contributed by atoms with Crippen molar-refractivity contribution in [3.05, 3.63) is 0 Å². The number of hydrogen-bond donors (Lipinski definition) is 2. The molecule has 1 fully saturated rings. The molecule has 0 aromatic heterocycles. The van der Waals surface area contributed by atoms with Gasteiger partial charge in [-0.15, -0.1) is 0 Å². The molecule has 0 bridgehead atoms. The van der Waals surface area contributed by atoms with Crippen LogP contribution in [-0.2, 0) is 14.3 Å². The van der Waals surface area contributed by atoms with Crippen LogP contribution < -0.4 is 10.6 Å². The molecule has 2 atom stereocenters. The summed E-state index contributed by atoms with van der Waals surface area (Å²) in [6.45, 7) is 2.87. The van der Waals surface area contributed by atoms with Gasteiger partial charge in [0.25, 0.3) is 0 Å². The maximum Gasteiger partial charge on any atom is 0.404 e. The molecule has 0 aromatic carbocycles. The van der Waals surface area contributed by atoms with Gasteiger partial charge in [0.05, 0.1) is 7.11 Å². The van der Waals surface area contributed by atoms with Crippen LogP contribution in [0.4, 0.5) is 13.2 Å². The third-order valence-electron chi connectivity index (χ3n) is 3.54. The van der Waals surface area contributed by atoms with E-state index in [9.17, 15) is 22.8 Å². The maximum atomic E-state index is 13.2. The van der Waals surface area contributed by atoms with Gasteiger partial charge >= 0.3 is 12.1 Å². The third kappa shape index (κ3) is 3.05. The molecular weight excluding hydrogens is 277 g/mol. The Morgan fingerprint density at radius 2 is 1.95 bits per heavy atom. The molecule has 0 spiro atoms. The van der Waals surface area contributed by atoms with E-state index in [0.717, 1.165) is 7.11 Å². The molecule has 1 heterocycles. The highest BCUT2D eigenvalue weighted by Gasteiger charge is 2.61. The van der Waals surface area contributed by atoms with E-state index in [2.05, 4.69) is 15.4 Å². The highest BCUT2D eigenvalue weighted by atomic mass is 19.4. The lowest BCUT2D eigenvalue weighted by atomic mass is 9.84. The Morgan fingerprint density at radius 1 is 1.35 bits per heavy atom. The van der Waals surface area contributed by atoms with Gasteiger partial charge in [-0.1, -0.05) is 13.8 Å². The second-order valence-electron chi connectivity index (χ2n) is 5.22. The first-order chi connectivity index (χ1) is 9.15. The topological polar surface area (TPSA) is 67.4 Å². The molecule has 0 saturated carbocycles. The fraction of sp³-hybridized carbons (Fsp3) is 0.833. The number of rotatable bonds is 4. The average molecular weight is 296 g/mol. The highest BCUT2D eigenvalue weighted by molar-refractivity contribution is 5.89. The van der Waals surface area contributed by atoms with Crippen molar-refractivity contribution in [2.75, 3.05) is 20.2 Å². The lowest BCUT2D eigenvalue weighted by Crippen LogP contribution is -2.57. The Hall–Kier alpha value is -1.31. The molecule has 20 heavy (non-hydrogen) atoms. The van der Waals surface area contributed by atoms with Crippen molar-refractivity contribution >= 4 is 11.9 Å². The van der Waals surface area contributed by atoms with Gasteiger partial charge in [0.1, 0.15) is 6.04 Å². The lowest BCUT2D eigenvalue weighted by Gasteiger charge is -2.31. The minimum absolute atomic E-state index is 0.109. The SMILES string of the molecule is COC(=O)[C@@H](NC(=O)C1(C(F)(F)F)CCNC1)C(C)C. The zero-order valence-electron chi connectivity index (χ0n) is 11.6. The van der Waals surface area contributed by atoms with Crippen molar-refractivity contribution in [1.82, 2.24) is 10.6 Å². The molecule has 5 nitrogen and oxygen atoms in total. The fourth-order valence-corrected chi connectivity index (χ4v) is 2.16. The van der Waals surface area contributed by atoms with E-state index in [1.165, 1.54) is 0 Å². The normalized spacial score (nSPS) is 24.6. The molecule has 1 rings (SSSR count). The Morgan fingerprint density at radius 3 is 2.30 bits per heavy atom. The van der Waals surface area contributed by atoms with E-state index in [1.807, 2.05) is 0 Å². The van der Waals surface area contributed by atoms with Crippen LogP contribution in [0, 0.1) is 11.3 Å². The summed E-state index contributed by atoms with van der Waals surface area (Å²) in [5, 5.41) is 4.73. The van der Waals surface area contributed by atoms with E-state index in [-0.39, 0.29) is 18.9 Å². The first kappa shape index (κ1) is 16.7. The first-order valence-corrected chi connectivity index (χ1v) is 6.32. The number of amides is 1. The quantitative estimate of drug-likeness (QED) is 0.755. The molecule has 0 aliphatic carbocycles. The number of ether oxygens (including phenoxy) is 1. The number of carbonyl (C=O) groups excluding carboxylic acids is 2. The smallest absolute Gasteiger partial charge is 0.404 e. The van der Waals surface area contributed by atoms with Crippen LogP contribution in [0.25, 0.3) is 0 Å². The number of methoxy groups -OCH3 is 1. The molecule has 116 valence electrons. The summed E-state index contributed by atoms with van der Waals surface area (Å²) in [7, 11) is 1.13. The second-order valence-corrected chi connectivity index (χ2v) is 5.22. The third-order valence-corrected chi connectivity index (χ3v) is 3.54. The van der Waals surface area contributed by atoms with Crippen LogP contribution in [0.2, 0.25) is 0 Å². The van der Waals surface area contributed by atoms with Crippen LogP contribution in [-0.4, -0.2) is 44.3 Å². The van der Waals surface area contributed by atoms with E-state index >= 15 is 0 Å². The van der Waals surface area contributed by atoms with Gasteiger partial charge in [-0.3, -0.25) is 4.79 Å². The summed E-state index contributed by atoms with van der Waals surface area (Å²) in [4.78, 5) is 23.6. The molecule has 1 aliphatic heterocycles. The molecule has 1 amide bonds. The Labute approximate surface area is 115 Å². The standard InChI is InChI=1S/C12H19F3N2O3/c1-7(2)8(9(18)20-3)17-10(19)11(12(13,14)15)4-5-16-6-11/h7-8,16H,4-6H2,1-3H3,(H,17,19)/t8-,11?/m0/s1. The molecule has 1 saturated heterocycles. The number of nitrogens with one attached hydrogen (secondary N) is 2. The monoisotopic (exact) mass is 296 g/mol. The van der Waals surface area contributed by atoms with Crippen LogP contribution in [0.3, 0.4) is 0 Å². The van der Waals surface area contributed by atoms with Crippen molar-refractivity contribution in [2.45, 2.75) is 32.5 Å². The van der Waals surface area contributed by atoms with Gasteiger partial charge in [0, 0.05) is 6.54 Å². The van der Waals surface area contributed by atoms with E-state index in [0.29, 0.717) is 0 Å². The second kappa shape index (κ2) is 5.99. The number of halogens is 3. The van der Waals surface area contributed by atoms with Gasteiger partial charge in [0.15, 0.2) is 5.41 Å². The van der Waals surface area contributed by atoms with Gasteiger partial charge in [0.2, 0.25) is 5.91 Å². The van der Waals surface area contributed by atoms with Crippen LogP contribution in [0.5, 0.6) is 0 Å². The first-order valence-electron chi connectivity index (χ1n) is 6.32. The van der Waals surface area contributed by atoms with Crippen LogP contribution in [0.1, 0.15) is 20.3 Å². The molecule has 1 aliphatic rings. The zero-order valence-corrected chi connectivity index (χ0v) is 11.6. The minimum atomic E-state index is -4.67. The summed E-state index contributed by atoms with van der Waals surface area (Å²) < 4.78 is 44.1. The molecular formula is C12H19F3N2O3. The van der Waals surface area contributed by atoms with Crippen molar-refractivity contribution < 1.29 is 27.5 Å². The predicted molar refractivity (Wildman–Crippen MR) is 64.8 cm³/mol. The lowest BCUT2D eigenvalue weighted by molar-refractivity contribution is -0.216. The Kier molecular flexibility index (Phi) is 5.01. The average Bonchev–Trinajstić information content (AvgIpc) is 2.84. The van der Waals surface area contributed by atoms with E-state index in [4.69, 9.17) is 0 Å². The van der Waals surface area contributed by atoms with Crippen LogP contribution >= 0.6 is 0 Å². The molecule has 1 unspecified atom stereocenters. The number of alkyl halides is 3. The molecule has 8 heteroatoms. The van der Waals surface area contributed by atoms with Gasteiger partial charge in [-0.2, -0.15) is 13.2 Å². The van der Waals surface area contributed by atoms with Crippen LogP contribution in [0.15, 0.2) is 0 Å². The van der Waals surface area contributed by atoms with Crippen molar-refractivity contribution in [3.63, 3.8) is 0 Å². The zero-order chi connectivity index (χ0) is 15.6. The van der Waals surface area contributed by atoms with Gasteiger partial charge in [-0.05, 0) is 18.9 Å². The highest BCUT2D eigenvalue weighted by Crippen LogP contribution is 2.43. The van der Waals surface area contributed by atoms with E-state index < -0.39 is 36.1 Å². The molecule has 2 N–H and O–H groups in total. The Balaban J connectivity index is 2.94. The number of esters is 1. The number of carbonyl (C=O) groups is 2. The summed E-state index contributed by atoms with van der Waals surface area (Å²) in [6, 6.07) is -1.09. The summed E-state index contributed by atoms with van der Waals surface area (Å²) >= 11 is 0. The maximum absolute atomic E-state index is 13.2. The number of hydrogen-bond acceptors (Lipinski definition) is 4. The fourth-order valence-electron chi connectivity index (χ4n) is 2.16. The van der Waals surface area contributed by atoms with Gasteiger partial charge < -0.3 is 15.4 Å². The predicted octanol–water partition coefficient (Wildman–Crippen LogP) is 0.842. The van der Waals surface area contributed by atoms with Crippen molar-refractivity contribution in [1.29, 1.82) is 0 Å². The van der Waals surface area contributed by atoms with Gasteiger partial charge in [-0.25, -0.2) is 4.79 Å². The summed E-state index contributed by atoms with van der Waals surface area (Å²) in [5.74, 6) is -2.30. The largest absolute Gasteiger partial charge is 0.467 e.